The Labute approximate surface area is 87.5 Å². The average molecular weight is 223 g/mol. The predicted molar refractivity (Wildman–Crippen MR) is 57.4 cm³/mol. The van der Waals surface area contributed by atoms with Crippen LogP contribution in [0.3, 0.4) is 0 Å². The van der Waals surface area contributed by atoms with Crippen LogP contribution in [0.4, 0.5) is 0 Å². The lowest BCUT2D eigenvalue weighted by Crippen LogP contribution is -1.93. The largest absolute Gasteiger partial charge is 0.127 e. The fourth-order valence-electron chi connectivity index (χ4n) is 1.03. The van der Waals surface area contributed by atoms with E-state index in [0.29, 0.717) is 5.92 Å². The van der Waals surface area contributed by atoms with Crippen LogP contribution in [-0.2, 0) is 0 Å². The predicted octanol–water partition coefficient (Wildman–Crippen LogP) is 4.73. The molecule has 1 aromatic rings. The summed E-state index contributed by atoms with van der Waals surface area (Å²) in [5.41, 5.74) is 0. The SMILES string of the molecule is CC(C)CC(Cl)c1ccc(Cl)s1. The molecular weight excluding hydrogens is 211 g/mol. The van der Waals surface area contributed by atoms with Gasteiger partial charge in [-0.3, -0.25) is 0 Å². The molecule has 1 heterocycles. The summed E-state index contributed by atoms with van der Waals surface area (Å²) in [5.74, 6) is 0.633. The number of hydrogen-bond donors (Lipinski definition) is 0. The highest BCUT2D eigenvalue weighted by Gasteiger charge is 2.11. The smallest absolute Gasteiger partial charge is 0.0931 e. The number of halogens is 2. The van der Waals surface area contributed by atoms with Crippen LogP contribution in [0.15, 0.2) is 12.1 Å². The van der Waals surface area contributed by atoms with Gasteiger partial charge in [-0.1, -0.05) is 25.4 Å². The molecule has 0 fully saturated rings. The van der Waals surface area contributed by atoms with E-state index in [9.17, 15) is 0 Å². The molecule has 0 spiro atoms. The van der Waals surface area contributed by atoms with Crippen molar-refractivity contribution in [1.82, 2.24) is 0 Å². The molecule has 0 N–H and O–H groups in total. The molecule has 0 radical (unpaired) electrons. The second-order valence-electron chi connectivity index (χ2n) is 3.24. The summed E-state index contributed by atoms with van der Waals surface area (Å²) in [6.07, 6.45) is 1.01. The second-order valence-corrected chi connectivity index (χ2v) is 5.51. The Kier molecular flexibility index (Phi) is 3.88. The lowest BCUT2D eigenvalue weighted by molar-refractivity contribution is 0.578. The molecule has 0 bridgehead atoms. The van der Waals surface area contributed by atoms with Crippen molar-refractivity contribution >= 4 is 34.5 Å². The van der Waals surface area contributed by atoms with Gasteiger partial charge in [0, 0.05) is 4.88 Å². The monoisotopic (exact) mass is 222 g/mol. The second kappa shape index (κ2) is 4.50. The maximum Gasteiger partial charge on any atom is 0.0931 e. The molecule has 1 unspecified atom stereocenters. The van der Waals surface area contributed by atoms with Crippen LogP contribution in [0.1, 0.15) is 30.5 Å². The summed E-state index contributed by atoms with van der Waals surface area (Å²) in [7, 11) is 0. The standard InChI is InChI=1S/C9H12Cl2S/c1-6(2)5-7(10)8-3-4-9(11)12-8/h3-4,6-7H,5H2,1-2H3. The van der Waals surface area contributed by atoms with Crippen molar-refractivity contribution in [3.63, 3.8) is 0 Å². The lowest BCUT2D eigenvalue weighted by Gasteiger charge is -2.09. The zero-order chi connectivity index (χ0) is 9.14. The van der Waals surface area contributed by atoms with Crippen molar-refractivity contribution in [2.75, 3.05) is 0 Å². The van der Waals surface area contributed by atoms with Gasteiger partial charge in [-0.05, 0) is 24.5 Å². The average Bonchev–Trinajstić information content (AvgIpc) is 2.34. The Bertz CT molecular complexity index is 242. The minimum absolute atomic E-state index is 0.127. The van der Waals surface area contributed by atoms with E-state index in [-0.39, 0.29) is 5.38 Å². The van der Waals surface area contributed by atoms with Gasteiger partial charge in [0.2, 0.25) is 0 Å². The third-order valence-corrected chi connectivity index (χ3v) is 3.47. The highest BCUT2D eigenvalue weighted by Crippen LogP contribution is 2.34. The van der Waals surface area contributed by atoms with Gasteiger partial charge < -0.3 is 0 Å². The van der Waals surface area contributed by atoms with E-state index in [0.717, 1.165) is 10.8 Å². The van der Waals surface area contributed by atoms with E-state index in [1.54, 1.807) is 11.3 Å². The molecule has 3 heteroatoms. The topological polar surface area (TPSA) is 0 Å². The van der Waals surface area contributed by atoms with Gasteiger partial charge in [0.1, 0.15) is 0 Å². The van der Waals surface area contributed by atoms with E-state index in [1.807, 2.05) is 12.1 Å². The molecule has 12 heavy (non-hydrogen) atoms. The first-order chi connectivity index (χ1) is 5.59. The molecule has 0 aromatic carbocycles. The van der Waals surface area contributed by atoms with Crippen LogP contribution in [0.2, 0.25) is 4.34 Å². The van der Waals surface area contributed by atoms with E-state index in [2.05, 4.69) is 13.8 Å². The van der Waals surface area contributed by atoms with Crippen LogP contribution in [0.25, 0.3) is 0 Å². The number of thiophene rings is 1. The number of hydrogen-bond acceptors (Lipinski definition) is 1. The van der Waals surface area contributed by atoms with Crippen LogP contribution >= 0.6 is 34.5 Å². The summed E-state index contributed by atoms with van der Waals surface area (Å²) < 4.78 is 0.819. The van der Waals surface area contributed by atoms with E-state index >= 15 is 0 Å². The third kappa shape index (κ3) is 2.96. The normalized spacial score (nSPS) is 13.8. The van der Waals surface area contributed by atoms with Crippen molar-refractivity contribution in [3.8, 4) is 0 Å². The maximum absolute atomic E-state index is 6.17. The molecule has 0 amide bonds. The maximum atomic E-state index is 6.17. The first kappa shape index (κ1) is 10.4. The molecule has 1 atom stereocenters. The summed E-state index contributed by atoms with van der Waals surface area (Å²) in [6.45, 7) is 4.34. The van der Waals surface area contributed by atoms with Gasteiger partial charge in [0.05, 0.1) is 9.71 Å². The summed E-state index contributed by atoms with van der Waals surface area (Å²) in [4.78, 5) is 1.18. The van der Waals surface area contributed by atoms with E-state index in [4.69, 9.17) is 23.2 Å². The van der Waals surface area contributed by atoms with Gasteiger partial charge in [-0.2, -0.15) is 0 Å². The van der Waals surface area contributed by atoms with Gasteiger partial charge in [-0.25, -0.2) is 0 Å². The molecule has 1 rings (SSSR count). The Hall–Kier alpha value is 0.280. The molecule has 1 aromatic heterocycles. The van der Waals surface area contributed by atoms with Gasteiger partial charge in [0.25, 0.3) is 0 Å². The van der Waals surface area contributed by atoms with E-state index in [1.165, 1.54) is 4.88 Å². The zero-order valence-corrected chi connectivity index (χ0v) is 9.51. The minimum Gasteiger partial charge on any atom is -0.127 e. The molecule has 0 aliphatic carbocycles. The number of alkyl halides is 1. The minimum atomic E-state index is 0.127. The van der Waals surface area contributed by atoms with Crippen LogP contribution in [0, 0.1) is 5.92 Å². The lowest BCUT2D eigenvalue weighted by atomic mass is 10.1. The Morgan fingerprint density at radius 3 is 2.50 bits per heavy atom. The zero-order valence-electron chi connectivity index (χ0n) is 7.18. The first-order valence-electron chi connectivity index (χ1n) is 3.99. The van der Waals surface area contributed by atoms with Gasteiger partial charge in [-0.15, -0.1) is 22.9 Å². The summed E-state index contributed by atoms with van der Waals surface area (Å²) >= 11 is 13.5. The first-order valence-corrected chi connectivity index (χ1v) is 5.62. The van der Waals surface area contributed by atoms with Crippen LogP contribution in [-0.4, -0.2) is 0 Å². The van der Waals surface area contributed by atoms with Gasteiger partial charge >= 0.3 is 0 Å². The number of rotatable bonds is 3. The Morgan fingerprint density at radius 2 is 2.08 bits per heavy atom. The van der Waals surface area contributed by atoms with Crippen LogP contribution < -0.4 is 0 Å². The molecule has 0 saturated heterocycles. The Balaban J connectivity index is 2.58. The summed E-state index contributed by atoms with van der Waals surface area (Å²) in [6, 6.07) is 3.91. The fourth-order valence-corrected chi connectivity index (χ4v) is 2.64. The molecular formula is C9H12Cl2S. The molecule has 0 nitrogen and oxygen atoms in total. The summed E-state index contributed by atoms with van der Waals surface area (Å²) in [5, 5.41) is 0.127. The highest BCUT2D eigenvalue weighted by molar-refractivity contribution is 7.16. The van der Waals surface area contributed by atoms with Crippen molar-refractivity contribution < 1.29 is 0 Å². The molecule has 0 aliphatic rings. The molecule has 0 aliphatic heterocycles. The van der Waals surface area contributed by atoms with Crippen molar-refractivity contribution in [1.29, 1.82) is 0 Å². The fraction of sp³-hybridized carbons (Fsp3) is 0.556. The van der Waals surface area contributed by atoms with Crippen molar-refractivity contribution in [3.05, 3.63) is 21.3 Å². The van der Waals surface area contributed by atoms with Crippen molar-refractivity contribution in [2.45, 2.75) is 25.6 Å². The van der Waals surface area contributed by atoms with Crippen molar-refractivity contribution in [2.24, 2.45) is 5.92 Å². The van der Waals surface area contributed by atoms with Gasteiger partial charge in [0.15, 0.2) is 0 Å². The molecule has 0 saturated carbocycles. The quantitative estimate of drug-likeness (QED) is 0.650. The Morgan fingerprint density at radius 1 is 1.42 bits per heavy atom. The highest BCUT2D eigenvalue weighted by atomic mass is 35.5. The van der Waals surface area contributed by atoms with Crippen LogP contribution in [0.5, 0.6) is 0 Å². The van der Waals surface area contributed by atoms with E-state index < -0.39 is 0 Å². The third-order valence-electron chi connectivity index (χ3n) is 1.58. The molecule has 68 valence electrons.